The van der Waals surface area contributed by atoms with Crippen LogP contribution in [0.5, 0.6) is 11.5 Å². The van der Waals surface area contributed by atoms with Crippen LogP contribution in [-0.4, -0.2) is 13.2 Å². The van der Waals surface area contributed by atoms with E-state index in [4.69, 9.17) is 9.47 Å². The predicted octanol–water partition coefficient (Wildman–Crippen LogP) is 7.25. The van der Waals surface area contributed by atoms with Crippen LogP contribution in [0.3, 0.4) is 0 Å². The molecule has 1 aliphatic rings. The minimum atomic E-state index is 0.680. The summed E-state index contributed by atoms with van der Waals surface area (Å²) in [6, 6.07) is 16.1. The highest BCUT2D eigenvalue weighted by Gasteiger charge is 2.21. The van der Waals surface area contributed by atoms with E-state index in [0.717, 1.165) is 35.2 Å². The molecule has 0 N–H and O–H groups in total. The summed E-state index contributed by atoms with van der Waals surface area (Å²) in [5.41, 5.74) is 1.99. The van der Waals surface area contributed by atoms with Crippen molar-refractivity contribution in [3.63, 3.8) is 0 Å². The Morgan fingerprint density at radius 2 is 1.23 bits per heavy atom. The summed E-state index contributed by atoms with van der Waals surface area (Å²) in [5, 5.41) is 0. The predicted molar refractivity (Wildman–Crippen MR) is 125 cm³/mol. The second-order valence-electron chi connectivity index (χ2n) is 8.43. The van der Waals surface area contributed by atoms with Gasteiger partial charge in [-0.2, -0.15) is 0 Å². The number of ether oxygens (including phenoxy) is 2. The van der Waals surface area contributed by atoms with Gasteiger partial charge >= 0.3 is 0 Å². The fourth-order valence-corrected chi connectivity index (χ4v) is 4.16. The number of hydrogen-bond donors (Lipinski definition) is 0. The van der Waals surface area contributed by atoms with E-state index < -0.39 is 0 Å². The lowest BCUT2D eigenvalue weighted by atomic mass is 9.80. The molecule has 0 atom stereocenters. The highest BCUT2D eigenvalue weighted by Crippen LogP contribution is 2.32. The molecule has 3 rings (SSSR count). The molecular weight excluding hydrogens is 368 g/mol. The fraction of sp³-hybridized carbons (Fsp3) is 0.500. The summed E-state index contributed by atoms with van der Waals surface area (Å²) < 4.78 is 11.5. The van der Waals surface area contributed by atoms with Gasteiger partial charge in [0.1, 0.15) is 11.5 Å². The van der Waals surface area contributed by atoms with E-state index >= 15 is 0 Å². The molecule has 0 bridgehead atoms. The Labute approximate surface area is 183 Å². The van der Waals surface area contributed by atoms with Crippen molar-refractivity contribution in [3.8, 4) is 23.3 Å². The van der Waals surface area contributed by atoms with E-state index in [1.165, 1.54) is 51.4 Å². The van der Waals surface area contributed by atoms with Crippen LogP contribution in [0.25, 0.3) is 0 Å². The van der Waals surface area contributed by atoms with Crippen LogP contribution in [0, 0.1) is 23.7 Å². The number of rotatable bonds is 9. The van der Waals surface area contributed by atoms with Crippen LogP contribution < -0.4 is 9.47 Å². The van der Waals surface area contributed by atoms with Gasteiger partial charge in [0.05, 0.1) is 13.2 Å². The Hall–Kier alpha value is -2.40. The Bertz CT molecular complexity index is 787. The van der Waals surface area contributed by atoms with Gasteiger partial charge in [0.2, 0.25) is 0 Å². The molecule has 0 aliphatic heterocycles. The van der Waals surface area contributed by atoms with Gasteiger partial charge in [-0.1, -0.05) is 57.3 Å². The van der Waals surface area contributed by atoms with Crippen LogP contribution in [0.4, 0.5) is 0 Å². The highest BCUT2D eigenvalue weighted by molar-refractivity contribution is 5.45. The summed E-state index contributed by atoms with van der Waals surface area (Å²) in [6.07, 6.45) is 11.0. The topological polar surface area (TPSA) is 18.5 Å². The van der Waals surface area contributed by atoms with Gasteiger partial charge in [0.25, 0.3) is 0 Å². The molecule has 0 spiro atoms. The van der Waals surface area contributed by atoms with E-state index in [9.17, 15) is 0 Å². The van der Waals surface area contributed by atoms with Crippen molar-refractivity contribution in [1.82, 2.24) is 0 Å². The third-order valence-electron chi connectivity index (χ3n) is 6.04. The van der Waals surface area contributed by atoms with Gasteiger partial charge in [-0.05, 0) is 80.1 Å². The van der Waals surface area contributed by atoms with Gasteiger partial charge in [0, 0.05) is 11.1 Å². The molecular formula is C28H36O2. The molecule has 0 aromatic heterocycles. The molecule has 30 heavy (non-hydrogen) atoms. The highest BCUT2D eigenvalue weighted by atomic mass is 16.5. The average molecular weight is 405 g/mol. The molecule has 1 fully saturated rings. The van der Waals surface area contributed by atoms with Gasteiger partial charge in [-0.25, -0.2) is 0 Å². The van der Waals surface area contributed by atoms with Crippen molar-refractivity contribution in [2.24, 2.45) is 11.8 Å². The van der Waals surface area contributed by atoms with Crippen LogP contribution in [0.2, 0.25) is 0 Å². The zero-order valence-corrected chi connectivity index (χ0v) is 18.7. The normalized spacial score (nSPS) is 18.3. The maximum atomic E-state index is 6.07. The molecule has 0 heterocycles. The smallest absolute Gasteiger partial charge is 0.119 e. The van der Waals surface area contributed by atoms with E-state index in [1.54, 1.807) is 0 Å². The van der Waals surface area contributed by atoms with E-state index in [1.807, 2.05) is 55.5 Å². The van der Waals surface area contributed by atoms with Gasteiger partial charge in [-0.15, -0.1) is 0 Å². The number of unbranched alkanes of at least 4 members (excludes halogenated alkanes) is 2. The van der Waals surface area contributed by atoms with Crippen molar-refractivity contribution in [2.75, 3.05) is 13.2 Å². The van der Waals surface area contributed by atoms with Gasteiger partial charge in [0.15, 0.2) is 0 Å². The molecule has 0 radical (unpaired) electrons. The molecule has 2 aromatic carbocycles. The lowest BCUT2D eigenvalue weighted by molar-refractivity contribution is 0.177. The molecule has 2 aromatic rings. The summed E-state index contributed by atoms with van der Waals surface area (Å²) in [7, 11) is 0. The first kappa shape index (κ1) is 22.3. The molecule has 160 valence electrons. The summed E-state index contributed by atoms with van der Waals surface area (Å²) in [5.74, 6) is 9.94. The van der Waals surface area contributed by atoms with Gasteiger partial charge < -0.3 is 9.47 Å². The summed E-state index contributed by atoms with van der Waals surface area (Å²) in [6.45, 7) is 5.80. The first-order valence-corrected chi connectivity index (χ1v) is 11.7. The lowest BCUT2D eigenvalue weighted by Crippen LogP contribution is -2.20. The quantitative estimate of drug-likeness (QED) is 0.324. The largest absolute Gasteiger partial charge is 0.494 e. The zero-order valence-electron chi connectivity index (χ0n) is 18.7. The maximum Gasteiger partial charge on any atom is 0.119 e. The van der Waals surface area contributed by atoms with Crippen LogP contribution in [0.15, 0.2) is 48.5 Å². The maximum absolute atomic E-state index is 6.07. The van der Waals surface area contributed by atoms with Crippen LogP contribution in [0.1, 0.15) is 76.3 Å². The summed E-state index contributed by atoms with van der Waals surface area (Å²) in [4.78, 5) is 0. The SMILES string of the molecule is CCCCCC1CCC(COc2ccc(C#Cc3ccc(OCC)cc3)cc2)CC1. The second-order valence-corrected chi connectivity index (χ2v) is 8.43. The molecule has 2 heteroatoms. The lowest BCUT2D eigenvalue weighted by Gasteiger charge is -2.28. The van der Waals surface area contributed by atoms with Crippen molar-refractivity contribution < 1.29 is 9.47 Å². The molecule has 0 saturated heterocycles. The molecule has 0 amide bonds. The number of hydrogen-bond acceptors (Lipinski definition) is 2. The van der Waals surface area contributed by atoms with E-state index in [2.05, 4.69) is 18.8 Å². The Morgan fingerprint density at radius 1 is 0.700 bits per heavy atom. The molecule has 2 nitrogen and oxygen atoms in total. The minimum Gasteiger partial charge on any atom is -0.494 e. The van der Waals surface area contributed by atoms with Crippen molar-refractivity contribution in [2.45, 2.75) is 65.2 Å². The van der Waals surface area contributed by atoms with Crippen LogP contribution in [-0.2, 0) is 0 Å². The Balaban J connectivity index is 1.41. The third-order valence-corrected chi connectivity index (χ3v) is 6.04. The van der Waals surface area contributed by atoms with Crippen molar-refractivity contribution >= 4 is 0 Å². The molecule has 1 aliphatic carbocycles. The Morgan fingerprint density at radius 3 is 1.77 bits per heavy atom. The zero-order chi connectivity index (χ0) is 21.0. The van der Waals surface area contributed by atoms with E-state index in [-0.39, 0.29) is 0 Å². The van der Waals surface area contributed by atoms with Crippen LogP contribution >= 0.6 is 0 Å². The standard InChI is InChI=1S/C28H36O2/c1-3-5-6-7-23-10-12-26(13-11-23)22-30-28-20-16-25(17-21-28)9-8-24-14-18-27(19-15-24)29-4-2/h14-21,23,26H,3-7,10-13,22H2,1-2H3. The van der Waals surface area contributed by atoms with Crippen molar-refractivity contribution in [3.05, 3.63) is 59.7 Å². The first-order valence-electron chi connectivity index (χ1n) is 11.7. The first-order chi connectivity index (χ1) is 14.8. The monoisotopic (exact) mass is 404 g/mol. The van der Waals surface area contributed by atoms with Gasteiger partial charge in [-0.3, -0.25) is 0 Å². The second kappa shape index (κ2) is 12.3. The molecule has 0 unspecified atom stereocenters. The molecule has 1 saturated carbocycles. The average Bonchev–Trinajstić information content (AvgIpc) is 2.79. The minimum absolute atomic E-state index is 0.680. The fourth-order valence-electron chi connectivity index (χ4n) is 4.16. The Kier molecular flexibility index (Phi) is 9.16. The number of benzene rings is 2. The van der Waals surface area contributed by atoms with Crippen molar-refractivity contribution in [1.29, 1.82) is 0 Å². The summed E-state index contributed by atoms with van der Waals surface area (Å²) >= 11 is 0. The third kappa shape index (κ3) is 7.45. The van der Waals surface area contributed by atoms with E-state index in [0.29, 0.717) is 12.5 Å².